The Hall–Kier alpha value is -1.62. The average Bonchev–Trinajstić information content (AvgIpc) is 2.57. The van der Waals surface area contributed by atoms with Gasteiger partial charge in [0.2, 0.25) is 6.29 Å². The Kier molecular flexibility index (Phi) is 16.4. The van der Waals surface area contributed by atoms with Crippen LogP contribution in [0.25, 0.3) is 0 Å². The number of carboxylic acid groups (broad SMARTS) is 1. The minimum Gasteiger partial charge on any atom is -0.450 e. The minimum atomic E-state index is -1.34. The summed E-state index contributed by atoms with van der Waals surface area (Å²) >= 11 is 0. The van der Waals surface area contributed by atoms with Crippen LogP contribution >= 0.6 is 0 Å². The van der Waals surface area contributed by atoms with E-state index in [0.29, 0.717) is 0 Å². The number of unbranched alkanes of at least 4 members (excludes halogenated alkanes) is 1. The van der Waals surface area contributed by atoms with Gasteiger partial charge in [-0.2, -0.15) is 9.78 Å². The smallest absolute Gasteiger partial charge is 0.450 e. The van der Waals surface area contributed by atoms with Crippen LogP contribution in [0.3, 0.4) is 0 Å². The van der Waals surface area contributed by atoms with Crippen LogP contribution in [0.4, 0.5) is 9.59 Å². The van der Waals surface area contributed by atoms with Crippen molar-refractivity contribution in [2.24, 2.45) is 5.92 Å². The van der Waals surface area contributed by atoms with Crippen molar-refractivity contribution in [1.82, 2.24) is 0 Å². The van der Waals surface area contributed by atoms with Crippen LogP contribution in [0.1, 0.15) is 94.9 Å². The molecule has 10 nitrogen and oxygen atoms in total. The largest absolute Gasteiger partial charge is 0.542 e. The molecular formula is C21H42O10. The van der Waals surface area contributed by atoms with Gasteiger partial charge in [0, 0.05) is 5.92 Å². The molecule has 0 aromatic rings. The van der Waals surface area contributed by atoms with E-state index in [1.54, 1.807) is 34.6 Å². The van der Waals surface area contributed by atoms with Gasteiger partial charge in [-0.05, 0) is 73.3 Å². The average molecular weight is 455 g/mol. The lowest BCUT2D eigenvalue weighted by atomic mass is 9.99. The Labute approximate surface area is 186 Å². The maximum Gasteiger partial charge on any atom is 0.542 e. The Bertz CT molecular complexity index is 480. The Morgan fingerprint density at radius 3 is 1.84 bits per heavy atom. The van der Waals surface area contributed by atoms with Gasteiger partial charge in [0.05, 0.1) is 17.3 Å². The van der Waals surface area contributed by atoms with Crippen LogP contribution in [0.2, 0.25) is 0 Å². The van der Waals surface area contributed by atoms with Crippen LogP contribution in [0.15, 0.2) is 0 Å². The first-order valence-electron chi connectivity index (χ1n) is 10.6. The molecule has 31 heavy (non-hydrogen) atoms. The zero-order valence-electron chi connectivity index (χ0n) is 20.7. The standard InChI is InChI=1S/C13H26O5.C8H16O5/c1-6-8-9-10(7-2)11(16-12(14)15)17-18-13(3,4)5;1-6(2)10-7(9)11-13-12-8(3,4)5/h10-11H,6-9H2,1-5H3,(H,14,15);6H,1-5H3. The Morgan fingerprint density at radius 2 is 1.45 bits per heavy atom. The van der Waals surface area contributed by atoms with Crippen molar-refractivity contribution in [2.75, 3.05) is 0 Å². The molecule has 1 N–H and O–H groups in total. The third-order valence-corrected chi connectivity index (χ3v) is 3.17. The second-order valence-corrected chi connectivity index (χ2v) is 9.12. The van der Waals surface area contributed by atoms with Crippen molar-refractivity contribution in [1.29, 1.82) is 0 Å². The van der Waals surface area contributed by atoms with E-state index < -0.39 is 29.8 Å². The van der Waals surface area contributed by atoms with E-state index in [1.807, 2.05) is 27.7 Å². The first-order valence-corrected chi connectivity index (χ1v) is 10.6. The van der Waals surface area contributed by atoms with Crippen LogP contribution in [-0.4, -0.2) is 41.0 Å². The summed E-state index contributed by atoms with van der Waals surface area (Å²) in [5, 5.41) is 12.9. The van der Waals surface area contributed by atoms with Crippen LogP contribution in [-0.2, 0) is 34.1 Å². The monoisotopic (exact) mass is 454 g/mol. The number of rotatable bonds is 11. The second-order valence-electron chi connectivity index (χ2n) is 9.12. The highest BCUT2D eigenvalue weighted by Crippen LogP contribution is 2.23. The van der Waals surface area contributed by atoms with Gasteiger partial charge in [-0.1, -0.05) is 26.7 Å². The van der Waals surface area contributed by atoms with Crippen molar-refractivity contribution in [2.45, 2.75) is 119 Å². The first kappa shape index (κ1) is 31.6. The molecule has 0 aliphatic rings. The van der Waals surface area contributed by atoms with Crippen molar-refractivity contribution in [3.63, 3.8) is 0 Å². The number of carbonyl (C=O) groups excluding carboxylic acids is 1. The number of hydrogen-bond acceptors (Lipinski definition) is 9. The van der Waals surface area contributed by atoms with Gasteiger partial charge < -0.3 is 14.6 Å². The molecule has 186 valence electrons. The summed E-state index contributed by atoms with van der Waals surface area (Å²) in [6.07, 6.45) is 0.340. The Morgan fingerprint density at radius 1 is 0.903 bits per heavy atom. The van der Waals surface area contributed by atoms with E-state index in [2.05, 4.69) is 26.5 Å². The molecule has 0 saturated carbocycles. The molecule has 0 saturated heterocycles. The summed E-state index contributed by atoms with van der Waals surface area (Å²) in [5.41, 5.74) is -1.03. The van der Waals surface area contributed by atoms with E-state index in [1.165, 1.54) is 0 Å². The number of ether oxygens (including phenoxy) is 2. The summed E-state index contributed by atoms with van der Waals surface area (Å²) in [7, 11) is 0. The molecule has 0 bridgehead atoms. The molecule has 0 amide bonds. The molecule has 0 aromatic heterocycles. The third kappa shape index (κ3) is 22.9. The molecule has 2 atom stereocenters. The molecule has 0 rings (SSSR count). The SMILES string of the molecule is CC(C)OC(=O)OOOC(C)(C)C.CCCCC(CC)C(OOC(C)(C)C)OC(=O)O. The molecule has 0 fully saturated rings. The lowest BCUT2D eigenvalue weighted by molar-refractivity contribution is -0.514. The molecular weight excluding hydrogens is 412 g/mol. The summed E-state index contributed by atoms with van der Waals surface area (Å²) < 4.78 is 9.36. The van der Waals surface area contributed by atoms with Crippen molar-refractivity contribution >= 4 is 12.3 Å². The summed E-state index contributed by atoms with van der Waals surface area (Å²) in [4.78, 5) is 40.5. The fourth-order valence-electron chi connectivity index (χ4n) is 1.84. The van der Waals surface area contributed by atoms with Crippen molar-refractivity contribution < 1.29 is 48.8 Å². The second kappa shape index (κ2) is 16.1. The molecule has 0 heterocycles. The predicted molar refractivity (Wildman–Crippen MR) is 113 cm³/mol. The molecule has 0 aliphatic carbocycles. The van der Waals surface area contributed by atoms with Gasteiger partial charge in [-0.3, -0.25) is 0 Å². The van der Waals surface area contributed by atoms with Gasteiger partial charge in [-0.25, -0.2) is 19.4 Å². The van der Waals surface area contributed by atoms with E-state index >= 15 is 0 Å². The zero-order valence-corrected chi connectivity index (χ0v) is 20.7. The van der Waals surface area contributed by atoms with Crippen LogP contribution < -0.4 is 0 Å². The van der Waals surface area contributed by atoms with Gasteiger partial charge >= 0.3 is 12.3 Å². The molecule has 0 spiro atoms. The first-order chi connectivity index (χ1) is 14.1. The van der Waals surface area contributed by atoms with Gasteiger partial charge in [0.1, 0.15) is 0 Å². The summed E-state index contributed by atoms with van der Waals surface area (Å²) in [5.74, 6) is 0.0170. The van der Waals surface area contributed by atoms with E-state index in [-0.39, 0.29) is 12.0 Å². The lowest BCUT2D eigenvalue weighted by Gasteiger charge is -2.27. The highest BCUT2D eigenvalue weighted by Gasteiger charge is 2.27. The molecule has 0 aromatic carbocycles. The summed E-state index contributed by atoms with van der Waals surface area (Å²) in [6, 6.07) is 0. The van der Waals surface area contributed by atoms with Gasteiger partial charge in [0.15, 0.2) is 0 Å². The van der Waals surface area contributed by atoms with Gasteiger partial charge in [-0.15, -0.1) is 0 Å². The lowest BCUT2D eigenvalue weighted by Crippen LogP contribution is -2.32. The predicted octanol–water partition coefficient (Wildman–Crippen LogP) is 6.18. The Balaban J connectivity index is 0. The van der Waals surface area contributed by atoms with Crippen molar-refractivity contribution in [3.8, 4) is 0 Å². The zero-order chi connectivity index (χ0) is 24.7. The maximum absolute atomic E-state index is 10.7. The van der Waals surface area contributed by atoms with Gasteiger partial charge in [0.25, 0.3) is 0 Å². The third-order valence-electron chi connectivity index (χ3n) is 3.17. The topological polar surface area (TPSA) is 119 Å². The quantitative estimate of drug-likeness (QED) is 0.168. The van der Waals surface area contributed by atoms with E-state index in [0.717, 1.165) is 25.7 Å². The fraction of sp³-hybridized carbons (Fsp3) is 0.905. The van der Waals surface area contributed by atoms with Crippen LogP contribution in [0.5, 0.6) is 0 Å². The minimum absolute atomic E-state index is 0.0170. The van der Waals surface area contributed by atoms with Crippen molar-refractivity contribution in [3.05, 3.63) is 0 Å². The van der Waals surface area contributed by atoms with Crippen LogP contribution in [0, 0.1) is 5.92 Å². The normalized spacial score (nSPS) is 13.6. The van der Waals surface area contributed by atoms with E-state index in [9.17, 15) is 9.59 Å². The maximum atomic E-state index is 10.7. The highest BCUT2D eigenvalue weighted by atomic mass is 17.5. The molecule has 10 heteroatoms. The van der Waals surface area contributed by atoms with E-state index in [4.69, 9.17) is 19.6 Å². The highest BCUT2D eigenvalue weighted by molar-refractivity contribution is 5.59. The molecule has 0 aliphatic heterocycles. The summed E-state index contributed by atoms with van der Waals surface area (Å²) in [6.45, 7) is 18.2. The molecule has 0 radical (unpaired) electrons. The number of carbonyl (C=O) groups is 2. The fourth-order valence-corrected chi connectivity index (χ4v) is 1.84. The number of hydrogen-bond donors (Lipinski definition) is 1. The molecule has 2 unspecified atom stereocenters.